The predicted molar refractivity (Wildman–Crippen MR) is 184 cm³/mol. The van der Waals surface area contributed by atoms with Crippen LogP contribution in [0.1, 0.15) is 48.3 Å². The van der Waals surface area contributed by atoms with Crippen molar-refractivity contribution in [2.75, 3.05) is 12.0 Å². The number of fused-ring (bicyclic) bond motifs is 4. The topological polar surface area (TPSA) is 157 Å². The number of hydrogen-bond acceptors (Lipinski definition) is 8. The van der Waals surface area contributed by atoms with Gasteiger partial charge in [-0.25, -0.2) is 4.98 Å². The summed E-state index contributed by atoms with van der Waals surface area (Å²) in [6, 6.07) is 11.0. The van der Waals surface area contributed by atoms with E-state index in [-0.39, 0.29) is 48.6 Å². The monoisotopic (exact) mass is 790 g/mol. The van der Waals surface area contributed by atoms with Crippen molar-refractivity contribution in [3.8, 4) is 5.75 Å². The maximum absolute atomic E-state index is 15.2. The van der Waals surface area contributed by atoms with E-state index in [2.05, 4.69) is 10.4 Å². The lowest BCUT2D eigenvalue weighted by molar-refractivity contribution is -0.142. The van der Waals surface area contributed by atoms with E-state index < -0.39 is 87.2 Å². The number of carboxylic acids is 1. The van der Waals surface area contributed by atoms with Gasteiger partial charge in [0, 0.05) is 40.7 Å². The van der Waals surface area contributed by atoms with Crippen LogP contribution in [0.2, 0.25) is 15.1 Å². The number of amides is 4. The van der Waals surface area contributed by atoms with Crippen molar-refractivity contribution in [1.29, 1.82) is 0 Å². The summed E-state index contributed by atoms with van der Waals surface area (Å²) in [5, 5.41) is 21.2. The number of nitrogens with zero attached hydrogens (tertiary/aromatic N) is 3. The number of allylic oxidation sites excluding steroid dienone is 2. The number of phenols is 1. The number of aliphatic carboxylic acids is 1. The number of phenolic OH excluding ortho intramolecular Hbond substituents is 1. The molecule has 0 spiro atoms. The Morgan fingerprint density at radius 1 is 0.962 bits per heavy atom. The number of imide groups is 2. The third-order valence-corrected chi connectivity index (χ3v) is 11.5. The van der Waals surface area contributed by atoms with E-state index in [0.717, 1.165) is 4.90 Å². The number of pyridine rings is 1. The summed E-state index contributed by atoms with van der Waals surface area (Å²) in [7, 11) is 0. The molecule has 0 unspecified atom stereocenters. The molecular formula is C36H28Cl3F3N4O7. The Hall–Kier alpha value is -4.66. The first-order valence-corrected chi connectivity index (χ1v) is 17.6. The van der Waals surface area contributed by atoms with E-state index in [0.29, 0.717) is 33.4 Å². The molecule has 1 aromatic heterocycles. The van der Waals surface area contributed by atoms with Crippen LogP contribution < -0.4 is 5.43 Å². The highest BCUT2D eigenvalue weighted by molar-refractivity contribution is 6.33. The van der Waals surface area contributed by atoms with E-state index in [1.54, 1.807) is 18.2 Å². The second-order valence-corrected chi connectivity index (χ2v) is 14.7. The fourth-order valence-electron chi connectivity index (χ4n) is 8.56. The number of anilines is 1. The molecule has 4 aliphatic rings. The molecule has 17 heteroatoms. The van der Waals surface area contributed by atoms with Gasteiger partial charge in [-0.1, -0.05) is 58.6 Å². The normalized spacial score (nSPS) is 26.7. The quantitative estimate of drug-likeness (QED) is 0.169. The Morgan fingerprint density at radius 2 is 1.66 bits per heavy atom. The van der Waals surface area contributed by atoms with Crippen molar-refractivity contribution in [2.24, 2.45) is 23.7 Å². The van der Waals surface area contributed by atoms with Crippen molar-refractivity contribution in [1.82, 2.24) is 14.9 Å². The number of hydrogen-bond donors (Lipinski definition) is 3. The average Bonchev–Trinajstić information content (AvgIpc) is 3.47. The van der Waals surface area contributed by atoms with Gasteiger partial charge in [-0.05, 0) is 67.1 Å². The van der Waals surface area contributed by atoms with Crippen molar-refractivity contribution >= 4 is 70.2 Å². The maximum Gasteiger partial charge on any atom is 0.417 e. The van der Waals surface area contributed by atoms with Gasteiger partial charge < -0.3 is 10.2 Å². The lowest BCUT2D eigenvalue weighted by Gasteiger charge is -2.50. The van der Waals surface area contributed by atoms with Gasteiger partial charge in [-0.2, -0.15) is 18.2 Å². The number of nitrogens with one attached hydrogen (secondary N) is 1. The Kier molecular flexibility index (Phi) is 9.22. The zero-order valence-corrected chi connectivity index (χ0v) is 29.5. The van der Waals surface area contributed by atoms with Crippen molar-refractivity contribution < 1.29 is 47.4 Å². The molecule has 1 saturated carbocycles. The van der Waals surface area contributed by atoms with Gasteiger partial charge in [0.1, 0.15) is 5.75 Å². The van der Waals surface area contributed by atoms with Crippen LogP contribution in [0.4, 0.5) is 19.0 Å². The summed E-state index contributed by atoms with van der Waals surface area (Å²) < 4.78 is 40.2. The molecule has 2 aromatic carbocycles. The van der Waals surface area contributed by atoms with Gasteiger partial charge in [-0.3, -0.25) is 34.3 Å². The Bertz CT molecular complexity index is 2110. The van der Waals surface area contributed by atoms with Crippen molar-refractivity contribution in [3.63, 3.8) is 0 Å². The molecule has 2 aliphatic heterocycles. The van der Waals surface area contributed by atoms with Gasteiger partial charge in [0.2, 0.25) is 11.8 Å². The summed E-state index contributed by atoms with van der Waals surface area (Å²) >= 11 is 18.9. The number of carbonyl (C=O) groups excluding carboxylic acids is 4. The number of likely N-dealkylation sites (tertiary alicyclic amines) is 1. The van der Waals surface area contributed by atoms with E-state index in [1.807, 2.05) is 0 Å². The highest BCUT2D eigenvalue weighted by Gasteiger charge is 2.70. The first-order chi connectivity index (χ1) is 25.0. The molecule has 3 N–H and O–H groups in total. The van der Waals surface area contributed by atoms with E-state index >= 15 is 4.79 Å². The number of hydrazine groups is 1. The highest BCUT2D eigenvalue weighted by Crippen LogP contribution is 2.65. The SMILES string of the molecule is O=C(O)CCCN1C(=O)[C@H]2[C@H](CC=C3[C@H]2C[C@H]2C(=O)N(Nc4ncc(C(F)(F)F)cc4Cl)C(=O)[C@@]2(c2ccc(Cl)cc2)[C@H]3c2cc(Cl)ccc2O)C1=O. The minimum absolute atomic E-state index is 0.0344. The van der Waals surface area contributed by atoms with Crippen molar-refractivity contribution in [3.05, 3.63) is 98.1 Å². The molecule has 3 aromatic rings. The van der Waals surface area contributed by atoms with E-state index in [9.17, 15) is 37.5 Å². The minimum atomic E-state index is -4.78. The molecule has 2 saturated heterocycles. The van der Waals surface area contributed by atoms with Gasteiger partial charge in [0.05, 0.1) is 33.8 Å². The van der Waals surface area contributed by atoms with E-state index in [1.165, 1.54) is 30.3 Å². The minimum Gasteiger partial charge on any atom is -0.508 e. The lowest BCUT2D eigenvalue weighted by Crippen LogP contribution is -2.53. The van der Waals surface area contributed by atoms with Crippen molar-refractivity contribution in [2.45, 2.75) is 43.2 Å². The van der Waals surface area contributed by atoms with E-state index in [4.69, 9.17) is 39.9 Å². The third kappa shape index (κ3) is 5.91. The number of benzene rings is 2. The molecule has 2 aliphatic carbocycles. The second-order valence-electron chi connectivity index (χ2n) is 13.4. The Labute approximate surface area is 314 Å². The van der Waals surface area contributed by atoms with Crippen LogP contribution in [0.3, 0.4) is 0 Å². The van der Waals surface area contributed by atoms with Gasteiger partial charge >= 0.3 is 12.1 Å². The molecular weight excluding hydrogens is 764 g/mol. The van der Waals surface area contributed by atoms with Crippen LogP contribution in [0.15, 0.2) is 66.4 Å². The summed E-state index contributed by atoms with van der Waals surface area (Å²) in [5.41, 5.74) is 0.468. The first-order valence-electron chi connectivity index (χ1n) is 16.4. The zero-order chi connectivity index (χ0) is 38.1. The molecule has 0 bridgehead atoms. The summed E-state index contributed by atoms with van der Waals surface area (Å²) in [4.78, 5) is 73.5. The number of aromatic nitrogens is 1. The molecule has 11 nitrogen and oxygen atoms in total. The number of rotatable bonds is 8. The molecule has 7 rings (SSSR count). The fraction of sp³-hybridized carbons (Fsp3) is 0.333. The lowest BCUT2D eigenvalue weighted by atomic mass is 9.49. The Morgan fingerprint density at radius 3 is 2.32 bits per heavy atom. The summed E-state index contributed by atoms with van der Waals surface area (Å²) in [6.07, 6.45) is -2.82. The molecule has 53 heavy (non-hydrogen) atoms. The average molecular weight is 792 g/mol. The number of carbonyl (C=O) groups is 5. The summed E-state index contributed by atoms with van der Waals surface area (Å²) in [5.74, 6) is -9.56. The number of halogens is 6. The van der Waals surface area contributed by atoms with Crippen LogP contribution in [0.25, 0.3) is 0 Å². The maximum atomic E-state index is 15.2. The fourth-order valence-corrected chi connectivity index (χ4v) is 9.07. The van der Waals surface area contributed by atoms with Crippen LogP contribution in [-0.4, -0.2) is 61.2 Å². The number of aromatic hydroxyl groups is 1. The molecule has 276 valence electrons. The molecule has 4 amide bonds. The molecule has 3 fully saturated rings. The second kappa shape index (κ2) is 13.3. The predicted octanol–water partition coefficient (Wildman–Crippen LogP) is 6.62. The smallest absolute Gasteiger partial charge is 0.417 e. The largest absolute Gasteiger partial charge is 0.508 e. The number of alkyl halides is 3. The van der Waals surface area contributed by atoms with Gasteiger partial charge in [0.25, 0.3) is 11.8 Å². The highest BCUT2D eigenvalue weighted by atomic mass is 35.5. The standard InChI is InChI=1S/C36H28Cl3F3N4O7/c37-18-5-3-16(4-6-18)35-24(32(51)46(34(35)53)44-30-25(39)12-17(15-43-30)36(40,41)42)14-22-20(29(35)23-13-19(38)7-10-26(23)47)8-9-21-28(22)33(52)45(31(21)50)11-1-2-27(48)49/h3-8,10,12-13,15,21-22,24,28-29,47H,1-2,9,11,14H2,(H,43,44)(H,48,49)/t21-,22+,24-,28-,29+,35+/m0/s1. The van der Waals surface area contributed by atoms with Crippen LogP contribution in [0, 0.1) is 23.7 Å². The van der Waals surface area contributed by atoms with Gasteiger partial charge in [-0.15, -0.1) is 0 Å². The molecule has 0 radical (unpaired) electrons. The third-order valence-electron chi connectivity index (χ3n) is 10.7. The first kappa shape index (κ1) is 36.7. The summed E-state index contributed by atoms with van der Waals surface area (Å²) in [6.45, 7) is -0.119. The zero-order valence-electron chi connectivity index (χ0n) is 27.2. The molecule has 3 heterocycles. The van der Waals surface area contributed by atoms with Crippen LogP contribution >= 0.6 is 34.8 Å². The van der Waals surface area contributed by atoms with Gasteiger partial charge in [0.15, 0.2) is 5.82 Å². The Balaban J connectivity index is 1.40. The molecule has 6 atom stereocenters. The van der Waals surface area contributed by atoms with Crippen LogP contribution in [-0.2, 0) is 35.6 Å². The number of carboxylic acid groups (broad SMARTS) is 1. The van der Waals surface area contributed by atoms with Crippen LogP contribution in [0.5, 0.6) is 5.75 Å².